The molecule has 1 aromatic rings. The van der Waals surface area contributed by atoms with Gasteiger partial charge in [-0.25, -0.2) is 0 Å². The number of aryl methyl sites for hydroxylation is 1. The van der Waals surface area contributed by atoms with Crippen LogP contribution in [0.3, 0.4) is 0 Å². The van der Waals surface area contributed by atoms with Crippen LogP contribution in [0.5, 0.6) is 5.75 Å². The molecule has 29 heavy (non-hydrogen) atoms. The lowest BCUT2D eigenvalue weighted by Crippen LogP contribution is -2.53. The van der Waals surface area contributed by atoms with E-state index in [1.54, 1.807) is 6.92 Å². The normalized spacial score (nSPS) is 18.7. The smallest absolute Gasteiger partial charge is 0.263 e. The summed E-state index contributed by atoms with van der Waals surface area (Å²) in [6.45, 7) is 8.32. The maximum absolute atomic E-state index is 12.7. The first-order valence-electron chi connectivity index (χ1n) is 10.5. The Hall–Kier alpha value is -1.79. The molecule has 0 saturated carbocycles. The highest BCUT2D eigenvalue weighted by Gasteiger charge is 2.28. The van der Waals surface area contributed by atoms with Crippen molar-refractivity contribution in [1.82, 2.24) is 15.1 Å². The van der Waals surface area contributed by atoms with Crippen LogP contribution in [-0.2, 0) is 9.59 Å². The molecule has 0 aromatic heterocycles. The van der Waals surface area contributed by atoms with Crippen LogP contribution in [0.2, 0.25) is 0 Å². The van der Waals surface area contributed by atoms with Crippen molar-refractivity contribution >= 4 is 24.2 Å². The zero-order valence-corrected chi connectivity index (χ0v) is 18.4. The van der Waals surface area contributed by atoms with Crippen molar-refractivity contribution < 1.29 is 14.3 Å². The summed E-state index contributed by atoms with van der Waals surface area (Å²) in [4.78, 5) is 29.0. The lowest BCUT2D eigenvalue weighted by molar-refractivity contribution is -0.143. The minimum Gasteiger partial charge on any atom is -0.481 e. The van der Waals surface area contributed by atoms with E-state index in [9.17, 15) is 9.59 Å². The SMILES string of the molecule is Cc1ccccc1OC(C)C(=O)N1CCN(C(=O)CCC2CCNCC2)CC1.Cl. The van der Waals surface area contributed by atoms with E-state index >= 15 is 0 Å². The molecule has 0 radical (unpaired) electrons. The first kappa shape index (κ1) is 23.5. The number of hydrogen-bond acceptors (Lipinski definition) is 4. The van der Waals surface area contributed by atoms with Crippen molar-refractivity contribution in [3.63, 3.8) is 0 Å². The van der Waals surface area contributed by atoms with E-state index in [4.69, 9.17) is 4.74 Å². The van der Waals surface area contributed by atoms with Crippen LogP contribution in [0.25, 0.3) is 0 Å². The molecule has 1 atom stereocenters. The Morgan fingerprint density at radius 1 is 1.10 bits per heavy atom. The van der Waals surface area contributed by atoms with E-state index in [2.05, 4.69) is 5.32 Å². The van der Waals surface area contributed by atoms with Gasteiger partial charge in [-0.3, -0.25) is 9.59 Å². The number of ether oxygens (including phenoxy) is 1. The minimum absolute atomic E-state index is 0. The second-order valence-electron chi connectivity index (χ2n) is 7.96. The predicted molar refractivity (Wildman–Crippen MR) is 117 cm³/mol. The third-order valence-corrected chi connectivity index (χ3v) is 5.91. The topological polar surface area (TPSA) is 61.9 Å². The van der Waals surface area contributed by atoms with Crippen LogP contribution in [0, 0.1) is 12.8 Å². The Labute approximate surface area is 180 Å². The fourth-order valence-corrected chi connectivity index (χ4v) is 4.02. The molecule has 2 aliphatic rings. The fourth-order valence-electron chi connectivity index (χ4n) is 4.02. The average molecular weight is 424 g/mol. The molecule has 1 unspecified atom stereocenters. The number of piperazine rings is 1. The molecule has 1 aromatic carbocycles. The monoisotopic (exact) mass is 423 g/mol. The summed E-state index contributed by atoms with van der Waals surface area (Å²) in [6, 6.07) is 7.72. The molecule has 2 aliphatic heterocycles. The van der Waals surface area contributed by atoms with Crippen molar-refractivity contribution in [3.05, 3.63) is 29.8 Å². The fraction of sp³-hybridized carbons (Fsp3) is 0.636. The number of para-hydroxylation sites is 1. The van der Waals surface area contributed by atoms with Gasteiger partial charge in [0, 0.05) is 32.6 Å². The van der Waals surface area contributed by atoms with Gasteiger partial charge in [0.2, 0.25) is 5.91 Å². The number of carbonyl (C=O) groups is 2. The van der Waals surface area contributed by atoms with Crippen molar-refractivity contribution in [3.8, 4) is 5.75 Å². The molecule has 3 rings (SSSR count). The summed E-state index contributed by atoms with van der Waals surface area (Å²) in [5.41, 5.74) is 1.02. The molecule has 2 fully saturated rings. The predicted octanol–water partition coefficient (Wildman–Crippen LogP) is 2.63. The molecule has 162 valence electrons. The largest absolute Gasteiger partial charge is 0.481 e. The van der Waals surface area contributed by atoms with Gasteiger partial charge in [-0.15, -0.1) is 12.4 Å². The Morgan fingerprint density at radius 3 is 2.38 bits per heavy atom. The van der Waals surface area contributed by atoms with E-state index in [1.165, 1.54) is 12.8 Å². The number of rotatable bonds is 6. The Morgan fingerprint density at radius 2 is 1.72 bits per heavy atom. The molecule has 6 nitrogen and oxygen atoms in total. The molecule has 7 heteroatoms. The summed E-state index contributed by atoms with van der Waals surface area (Å²) < 4.78 is 5.86. The Bertz CT molecular complexity index is 671. The zero-order chi connectivity index (χ0) is 19.9. The number of piperidine rings is 1. The molecule has 0 aliphatic carbocycles. The summed E-state index contributed by atoms with van der Waals surface area (Å²) in [7, 11) is 0. The van der Waals surface area contributed by atoms with E-state index in [0.29, 0.717) is 38.5 Å². The van der Waals surface area contributed by atoms with E-state index in [1.807, 2.05) is 41.0 Å². The molecule has 2 heterocycles. The molecular formula is C22H34ClN3O3. The number of amides is 2. The highest BCUT2D eigenvalue weighted by molar-refractivity contribution is 5.85. The molecule has 2 saturated heterocycles. The van der Waals surface area contributed by atoms with Gasteiger partial charge in [-0.05, 0) is 63.7 Å². The van der Waals surface area contributed by atoms with Gasteiger partial charge in [-0.1, -0.05) is 18.2 Å². The first-order chi connectivity index (χ1) is 13.5. The summed E-state index contributed by atoms with van der Waals surface area (Å²) >= 11 is 0. The molecule has 0 bridgehead atoms. The van der Waals surface area contributed by atoms with Crippen LogP contribution in [-0.4, -0.2) is 67.0 Å². The van der Waals surface area contributed by atoms with Gasteiger partial charge >= 0.3 is 0 Å². The maximum Gasteiger partial charge on any atom is 0.263 e. The first-order valence-corrected chi connectivity index (χ1v) is 10.5. The van der Waals surface area contributed by atoms with Crippen LogP contribution in [0.4, 0.5) is 0 Å². The molecule has 2 amide bonds. The third-order valence-electron chi connectivity index (χ3n) is 5.91. The van der Waals surface area contributed by atoms with Crippen LogP contribution < -0.4 is 10.1 Å². The third kappa shape index (κ3) is 6.61. The van der Waals surface area contributed by atoms with Crippen molar-refractivity contribution in [2.45, 2.75) is 45.6 Å². The van der Waals surface area contributed by atoms with Gasteiger partial charge in [0.25, 0.3) is 5.91 Å². The van der Waals surface area contributed by atoms with Gasteiger partial charge in [0.1, 0.15) is 5.75 Å². The van der Waals surface area contributed by atoms with E-state index in [0.717, 1.165) is 30.8 Å². The quantitative estimate of drug-likeness (QED) is 0.764. The average Bonchev–Trinajstić information content (AvgIpc) is 2.74. The highest BCUT2D eigenvalue weighted by Crippen LogP contribution is 2.20. The Kier molecular flexibility index (Phi) is 9.24. The van der Waals surface area contributed by atoms with E-state index < -0.39 is 6.10 Å². The lowest BCUT2D eigenvalue weighted by Gasteiger charge is -2.36. The number of nitrogens with one attached hydrogen (secondary N) is 1. The Balaban J connectivity index is 0.00000300. The number of benzene rings is 1. The number of hydrogen-bond donors (Lipinski definition) is 1. The summed E-state index contributed by atoms with van der Waals surface area (Å²) in [5.74, 6) is 1.64. The van der Waals surface area contributed by atoms with Crippen molar-refractivity contribution in [2.24, 2.45) is 5.92 Å². The van der Waals surface area contributed by atoms with Crippen LogP contribution >= 0.6 is 12.4 Å². The van der Waals surface area contributed by atoms with Gasteiger partial charge < -0.3 is 19.9 Å². The summed E-state index contributed by atoms with van der Waals surface area (Å²) in [5, 5.41) is 3.37. The molecule has 1 N–H and O–H groups in total. The highest BCUT2D eigenvalue weighted by atomic mass is 35.5. The van der Waals surface area contributed by atoms with Gasteiger partial charge in [0.05, 0.1) is 0 Å². The lowest BCUT2D eigenvalue weighted by atomic mass is 9.93. The number of carbonyl (C=O) groups excluding carboxylic acids is 2. The molecular weight excluding hydrogens is 390 g/mol. The van der Waals surface area contributed by atoms with Crippen molar-refractivity contribution in [1.29, 1.82) is 0 Å². The van der Waals surface area contributed by atoms with Crippen LogP contribution in [0.15, 0.2) is 24.3 Å². The zero-order valence-electron chi connectivity index (χ0n) is 17.6. The minimum atomic E-state index is -0.525. The second kappa shape index (κ2) is 11.4. The standard InChI is InChI=1S/C22H33N3O3.ClH/c1-17-5-3-4-6-20(17)28-18(2)22(27)25-15-13-24(14-16-25)21(26)8-7-19-9-11-23-12-10-19;/h3-6,18-19,23H,7-16H2,1-2H3;1H. The van der Waals surface area contributed by atoms with Gasteiger partial charge in [0.15, 0.2) is 6.10 Å². The number of halogens is 1. The van der Waals surface area contributed by atoms with Gasteiger partial charge in [-0.2, -0.15) is 0 Å². The number of nitrogens with zero attached hydrogens (tertiary/aromatic N) is 2. The van der Waals surface area contributed by atoms with E-state index in [-0.39, 0.29) is 24.2 Å². The van der Waals surface area contributed by atoms with Crippen LogP contribution in [0.1, 0.15) is 38.2 Å². The summed E-state index contributed by atoms with van der Waals surface area (Å²) in [6.07, 6.45) is 3.44. The van der Waals surface area contributed by atoms with Crippen molar-refractivity contribution in [2.75, 3.05) is 39.3 Å². The maximum atomic E-state index is 12.7. The second-order valence-corrected chi connectivity index (χ2v) is 7.96. The molecule has 0 spiro atoms.